The number of nitrogens with one attached hydrogen (secondary N) is 1. The summed E-state index contributed by atoms with van der Waals surface area (Å²) in [5.41, 5.74) is 2.62. The smallest absolute Gasteiger partial charge is 0.306 e. The van der Waals surface area contributed by atoms with Crippen molar-refractivity contribution in [3.63, 3.8) is 0 Å². The van der Waals surface area contributed by atoms with Crippen LogP contribution in [0.1, 0.15) is 30.3 Å². The molecule has 0 unspecified atom stereocenters. The van der Waals surface area contributed by atoms with Crippen molar-refractivity contribution in [3.05, 3.63) is 40.3 Å². The predicted molar refractivity (Wildman–Crippen MR) is 105 cm³/mol. The molecule has 144 valence electrons. The van der Waals surface area contributed by atoms with E-state index in [1.165, 1.54) is 24.9 Å². The lowest BCUT2D eigenvalue weighted by Gasteiger charge is -2.14. The van der Waals surface area contributed by atoms with Crippen LogP contribution >= 0.6 is 23.4 Å². The first-order valence-corrected chi connectivity index (χ1v) is 9.90. The number of hydrogen-bond donors (Lipinski definition) is 1. The van der Waals surface area contributed by atoms with Crippen LogP contribution in [0.2, 0.25) is 5.02 Å². The minimum absolute atomic E-state index is 0.139. The fraction of sp³-hybridized carbons (Fsp3) is 0.389. The minimum Gasteiger partial charge on any atom is -0.453 e. The van der Waals surface area contributed by atoms with Crippen molar-refractivity contribution < 1.29 is 14.3 Å². The van der Waals surface area contributed by atoms with Crippen LogP contribution in [0, 0.1) is 13.8 Å². The maximum atomic E-state index is 12.1. The van der Waals surface area contributed by atoms with Gasteiger partial charge in [0.05, 0.1) is 5.02 Å². The van der Waals surface area contributed by atoms with Crippen LogP contribution in [-0.2, 0) is 20.7 Å². The van der Waals surface area contributed by atoms with Gasteiger partial charge in [0.15, 0.2) is 11.3 Å². The molecule has 0 saturated heterocycles. The summed E-state index contributed by atoms with van der Waals surface area (Å²) < 4.78 is 5.20. The van der Waals surface area contributed by atoms with E-state index in [-0.39, 0.29) is 6.42 Å². The van der Waals surface area contributed by atoms with Crippen LogP contribution in [0.15, 0.2) is 23.5 Å². The van der Waals surface area contributed by atoms with E-state index in [0.29, 0.717) is 22.4 Å². The SMILES string of the molecule is CSc1nc(C)c(CCC(=O)O[C@H](C)C(=O)Nc2ccc(Cl)cn2)c(C)n1. The second-order valence-corrected chi connectivity index (χ2v) is 7.05. The van der Waals surface area contributed by atoms with Gasteiger partial charge in [-0.3, -0.25) is 9.59 Å². The van der Waals surface area contributed by atoms with Gasteiger partial charge < -0.3 is 10.1 Å². The number of carbonyl (C=O) groups is 2. The molecule has 27 heavy (non-hydrogen) atoms. The number of pyridine rings is 1. The predicted octanol–water partition coefficient (Wildman–Crippen LogP) is 3.37. The number of esters is 1. The number of nitrogens with zero attached hydrogens (tertiary/aromatic N) is 3. The van der Waals surface area contributed by atoms with E-state index in [1.807, 2.05) is 20.1 Å². The topological polar surface area (TPSA) is 94.1 Å². The molecule has 0 aliphatic carbocycles. The van der Waals surface area contributed by atoms with Gasteiger partial charge in [0.1, 0.15) is 5.82 Å². The average Bonchev–Trinajstić information content (AvgIpc) is 2.62. The highest BCUT2D eigenvalue weighted by Gasteiger charge is 2.19. The maximum Gasteiger partial charge on any atom is 0.306 e. The first-order valence-electron chi connectivity index (χ1n) is 8.30. The van der Waals surface area contributed by atoms with Crippen LogP contribution in [0.4, 0.5) is 5.82 Å². The van der Waals surface area contributed by atoms with Gasteiger partial charge in [-0.05, 0) is 51.1 Å². The monoisotopic (exact) mass is 408 g/mol. The summed E-state index contributed by atoms with van der Waals surface area (Å²) in [5, 5.41) is 3.74. The van der Waals surface area contributed by atoms with E-state index in [0.717, 1.165) is 17.0 Å². The molecule has 0 saturated carbocycles. The fourth-order valence-electron chi connectivity index (χ4n) is 2.38. The van der Waals surface area contributed by atoms with Gasteiger partial charge in [0.25, 0.3) is 5.91 Å². The van der Waals surface area contributed by atoms with E-state index in [1.54, 1.807) is 12.1 Å². The molecule has 1 N–H and O–H groups in total. The van der Waals surface area contributed by atoms with Gasteiger partial charge in [-0.25, -0.2) is 15.0 Å². The molecule has 0 fully saturated rings. The lowest BCUT2D eigenvalue weighted by atomic mass is 10.1. The first kappa shape index (κ1) is 21.1. The average molecular weight is 409 g/mol. The highest BCUT2D eigenvalue weighted by atomic mass is 35.5. The van der Waals surface area contributed by atoms with Gasteiger partial charge in [-0.1, -0.05) is 23.4 Å². The van der Waals surface area contributed by atoms with Crippen molar-refractivity contribution >= 4 is 41.1 Å². The Morgan fingerprint density at radius 1 is 1.26 bits per heavy atom. The highest BCUT2D eigenvalue weighted by Crippen LogP contribution is 2.17. The number of carbonyl (C=O) groups excluding carboxylic acids is 2. The Kier molecular flexibility index (Phi) is 7.55. The summed E-state index contributed by atoms with van der Waals surface area (Å²) in [4.78, 5) is 36.9. The molecule has 2 rings (SSSR count). The van der Waals surface area contributed by atoms with E-state index in [2.05, 4.69) is 20.3 Å². The number of thioether (sulfide) groups is 1. The quantitative estimate of drug-likeness (QED) is 0.426. The van der Waals surface area contributed by atoms with E-state index >= 15 is 0 Å². The van der Waals surface area contributed by atoms with E-state index in [4.69, 9.17) is 16.3 Å². The Morgan fingerprint density at radius 2 is 1.93 bits per heavy atom. The highest BCUT2D eigenvalue weighted by molar-refractivity contribution is 7.98. The van der Waals surface area contributed by atoms with Crippen LogP contribution in [0.5, 0.6) is 0 Å². The van der Waals surface area contributed by atoms with Crippen molar-refractivity contribution in [1.82, 2.24) is 15.0 Å². The Balaban J connectivity index is 1.88. The van der Waals surface area contributed by atoms with Crippen molar-refractivity contribution in [1.29, 1.82) is 0 Å². The molecule has 0 radical (unpaired) electrons. The van der Waals surface area contributed by atoms with Crippen LogP contribution in [0.25, 0.3) is 0 Å². The summed E-state index contributed by atoms with van der Waals surface area (Å²) in [5.74, 6) is -0.586. The number of anilines is 1. The minimum atomic E-state index is -0.938. The fourth-order valence-corrected chi connectivity index (χ4v) is 2.94. The van der Waals surface area contributed by atoms with Crippen LogP contribution in [0.3, 0.4) is 0 Å². The zero-order valence-electron chi connectivity index (χ0n) is 15.6. The number of ether oxygens (including phenoxy) is 1. The zero-order valence-corrected chi connectivity index (χ0v) is 17.1. The van der Waals surface area contributed by atoms with Crippen molar-refractivity contribution in [2.75, 3.05) is 11.6 Å². The Bertz CT molecular complexity index is 807. The third kappa shape index (κ3) is 6.18. The summed E-state index contributed by atoms with van der Waals surface area (Å²) in [7, 11) is 0. The Hall–Kier alpha value is -2.19. The van der Waals surface area contributed by atoms with Crippen molar-refractivity contribution in [2.24, 2.45) is 0 Å². The number of aryl methyl sites for hydroxylation is 2. The van der Waals surface area contributed by atoms with Gasteiger partial charge in [0.2, 0.25) is 0 Å². The van der Waals surface area contributed by atoms with Gasteiger partial charge in [-0.2, -0.15) is 0 Å². The summed E-state index contributed by atoms with van der Waals surface area (Å²) in [6.45, 7) is 5.30. The van der Waals surface area contributed by atoms with E-state index < -0.39 is 18.0 Å². The molecule has 7 nitrogen and oxygen atoms in total. The molecule has 9 heteroatoms. The molecular weight excluding hydrogens is 388 g/mol. The zero-order chi connectivity index (χ0) is 20.0. The molecule has 2 aromatic heterocycles. The number of aromatic nitrogens is 3. The largest absolute Gasteiger partial charge is 0.453 e. The molecule has 2 heterocycles. The lowest BCUT2D eigenvalue weighted by Crippen LogP contribution is -2.30. The molecule has 0 aliphatic rings. The third-order valence-electron chi connectivity index (χ3n) is 3.82. The van der Waals surface area contributed by atoms with Gasteiger partial charge in [0, 0.05) is 24.0 Å². The molecule has 0 aliphatic heterocycles. The number of amides is 1. The number of halogens is 1. The molecule has 0 spiro atoms. The maximum absolute atomic E-state index is 12.1. The van der Waals surface area contributed by atoms with Crippen LogP contribution in [-0.4, -0.2) is 39.2 Å². The second kappa shape index (κ2) is 9.66. The second-order valence-electron chi connectivity index (χ2n) is 5.84. The van der Waals surface area contributed by atoms with Gasteiger partial charge >= 0.3 is 5.97 Å². The van der Waals surface area contributed by atoms with Crippen molar-refractivity contribution in [2.45, 2.75) is 44.9 Å². The van der Waals surface area contributed by atoms with Crippen molar-refractivity contribution in [3.8, 4) is 0 Å². The molecule has 0 bridgehead atoms. The summed E-state index contributed by atoms with van der Waals surface area (Å²) >= 11 is 7.22. The number of rotatable bonds is 7. The Morgan fingerprint density at radius 3 is 2.48 bits per heavy atom. The molecule has 2 aromatic rings. The van der Waals surface area contributed by atoms with Crippen LogP contribution < -0.4 is 5.32 Å². The summed E-state index contributed by atoms with van der Waals surface area (Å²) in [6.07, 6.45) is 2.99. The molecule has 1 amide bonds. The third-order valence-corrected chi connectivity index (χ3v) is 4.59. The normalized spacial score (nSPS) is 11.7. The first-order chi connectivity index (χ1) is 12.8. The lowest BCUT2D eigenvalue weighted by molar-refractivity contribution is -0.153. The summed E-state index contributed by atoms with van der Waals surface area (Å²) in [6, 6.07) is 3.18. The molecular formula is C18H21ClN4O3S. The van der Waals surface area contributed by atoms with Gasteiger partial charge in [-0.15, -0.1) is 0 Å². The molecule has 1 atom stereocenters. The standard InChI is InChI=1S/C18H21ClN4O3S/c1-10-14(11(2)22-18(21-10)27-4)6-8-16(24)26-12(3)17(25)23-15-7-5-13(19)9-20-15/h5,7,9,12H,6,8H2,1-4H3,(H,20,23,25)/t12-/m1/s1. The van der Waals surface area contributed by atoms with E-state index in [9.17, 15) is 9.59 Å². The number of hydrogen-bond acceptors (Lipinski definition) is 7. The molecule has 0 aromatic carbocycles. The Labute approximate surface area is 167 Å².